The van der Waals surface area contributed by atoms with E-state index in [1.54, 1.807) is 7.11 Å². The summed E-state index contributed by atoms with van der Waals surface area (Å²) in [5, 5.41) is 9.84. The first kappa shape index (κ1) is 12.8. The third-order valence-electron chi connectivity index (χ3n) is 2.80. The lowest BCUT2D eigenvalue weighted by molar-refractivity contribution is 0.370. The van der Waals surface area contributed by atoms with Crippen LogP contribution in [-0.4, -0.2) is 17.8 Å². The van der Waals surface area contributed by atoms with Crippen LogP contribution in [0.4, 0.5) is 0 Å². The number of rotatable bonds is 3. The summed E-state index contributed by atoms with van der Waals surface area (Å²) in [5.74, 6) is 0.737. The fourth-order valence-electron chi connectivity index (χ4n) is 1.77. The van der Waals surface area contributed by atoms with Gasteiger partial charge in [0.05, 0.1) is 7.11 Å². The Morgan fingerprint density at radius 3 is 2.31 bits per heavy atom. The van der Waals surface area contributed by atoms with Crippen LogP contribution in [0.2, 0.25) is 0 Å². The number of phenols is 1. The predicted octanol–water partition coefficient (Wildman–Crippen LogP) is 2.30. The maximum Gasteiger partial charge on any atom is 0.161 e. The highest BCUT2D eigenvalue weighted by Crippen LogP contribution is 2.34. The summed E-state index contributed by atoms with van der Waals surface area (Å²) in [7, 11) is 1.56. The molecule has 90 valence electrons. The van der Waals surface area contributed by atoms with E-state index < -0.39 is 0 Å². The van der Waals surface area contributed by atoms with Gasteiger partial charge in [0.15, 0.2) is 11.5 Å². The van der Waals surface area contributed by atoms with Crippen molar-refractivity contribution in [3.63, 3.8) is 0 Å². The molecule has 3 N–H and O–H groups in total. The Balaban J connectivity index is 3.25. The average Bonchev–Trinajstić information content (AvgIpc) is 2.17. The quantitative estimate of drug-likeness (QED) is 0.826. The van der Waals surface area contributed by atoms with Crippen molar-refractivity contribution in [3.8, 4) is 11.5 Å². The number of ether oxygens (including phenoxy) is 1. The smallest absolute Gasteiger partial charge is 0.161 e. The average molecular weight is 223 g/mol. The Kier molecular flexibility index (Phi) is 3.48. The lowest BCUT2D eigenvalue weighted by atomic mass is 9.91. The van der Waals surface area contributed by atoms with Crippen molar-refractivity contribution in [1.82, 2.24) is 0 Å². The molecule has 0 aliphatic rings. The number of nitrogens with two attached hydrogens (primary N) is 1. The fraction of sp³-hybridized carbons (Fsp3) is 0.538. The number of hydrogen-bond acceptors (Lipinski definition) is 3. The van der Waals surface area contributed by atoms with Crippen molar-refractivity contribution in [1.29, 1.82) is 0 Å². The SMILES string of the molecule is COc1cc(CC(C)(C)N)c(C)c(C)c1O. The number of aromatic hydroxyl groups is 1. The third-order valence-corrected chi connectivity index (χ3v) is 2.80. The van der Waals surface area contributed by atoms with Crippen molar-refractivity contribution in [2.75, 3.05) is 7.11 Å². The van der Waals surface area contributed by atoms with Gasteiger partial charge in [-0.25, -0.2) is 0 Å². The Hall–Kier alpha value is -1.22. The van der Waals surface area contributed by atoms with Gasteiger partial charge in [0.25, 0.3) is 0 Å². The molecule has 0 amide bonds. The maximum atomic E-state index is 9.84. The molecule has 0 radical (unpaired) electrons. The molecule has 0 aliphatic carbocycles. The highest BCUT2D eigenvalue weighted by atomic mass is 16.5. The summed E-state index contributed by atoms with van der Waals surface area (Å²) in [6.45, 7) is 7.86. The normalized spacial score (nSPS) is 11.6. The lowest BCUT2D eigenvalue weighted by Gasteiger charge is -2.22. The van der Waals surface area contributed by atoms with E-state index in [1.807, 2.05) is 33.8 Å². The Morgan fingerprint density at radius 2 is 1.88 bits per heavy atom. The van der Waals surface area contributed by atoms with Crippen LogP contribution in [0.3, 0.4) is 0 Å². The lowest BCUT2D eigenvalue weighted by Crippen LogP contribution is -2.34. The minimum atomic E-state index is -0.265. The molecule has 0 fully saturated rings. The molecule has 1 rings (SSSR count). The zero-order chi connectivity index (χ0) is 12.5. The molecule has 1 aromatic rings. The van der Waals surface area contributed by atoms with Crippen molar-refractivity contribution in [2.45, 2.75) is 39.7 Å². The van der Waals surface area contributed by atoms with Gasteiger partial charge in [-0.1, -0.05) is 0 Å². The molecular formula is C13H21NO2. The highest BCUT2D eigenvalue weighted by molar-refractivity contribution is 5.52. The van der Waals surface area contributed by atoms with Crippen LogP contribution in [0.5, 0.6) is 11.5 Å². The number of benzene rings is 1. The molecule has 3 nitrogen and oxygen atoms in total. The van der Waals surface area contributed by atoms with Gasteiger partial charge < -0.3 is 15.6 Å². The van der Waals surface area contributed by atoms with E-state index in [4.69, 9.17) is 10.5 Å². The van der Waals surface area contributed by atoms with E-state index in [2.05, 4.69) is 0 Å². The van der Waals surface area contributed by atoms with Crippen LogP contribution in [0.25, 0.3) is 0 Å². The van der Waals surface area contributed by atoms with Crippen molar-refractivity contribution in [3.05, 3.63) is 22.8 Å². The molecule has 0 spiro atoms. The van der Waals surface area contributed by atoms with E-state index >= 15 is 0 Å². The van der Waals surface area contributed by atoms with Gasteiger partial charge >= 0.3 is 0 Å². The third kappa shape index (κ3) is 2.67. The van der Waals surface area contributed by atoms with Gasteiger partial charge in [-0.3, -0.25) is 0 Å². The number of hydrogen-bond donors (Lipinski definition) is 2. The predicted molar refractivity (Wildman–Crippen MR) is 66.1 cm³/mol. The van der Waals surface area contributed by atoms with Crippen molar-refractivity contribution >= 4 is 0 Å². The van der Waals surface area contributed by atoms with Crippen LogP contribution in [0.1, 0.15) is 30.5 Å². The highest BCUT2D eigenvalue weighted by Gasteiger charge is 2.17. The molecule has 0 aliphatic heterocycles. The topological polar surface area (TPSA) is 55.5 Å². The van der Waals surface area contributed by atoms with Gasteiger partial charge in [-0.15, -0.1) is 0 Å². The summed E-state index contributed by atoms with van der Waals surface area (Å²) in [4.78, 5) is 0. The Labute approximate surface area is 97.2 Å². The largest absolute Gasteiger partial charge is 0.504 e. The van der Waals surface area contributed by atoms with Crippen molar-refractivity contribution in [2.24, 2.45) is 5.73 Å². The summed E-state index contributed by atoms with van der Waals surface area (Å²) < 4.78 is 5.15. The van der Waals surface area contributed by atoms with E-state index in [0.29, 0.717) is 5.75 Å². The zero-order valence-electron chi connectivity index (χ0n) is 10.7. The minimum Gasteiger partial charge on any atom is -0.504 e. The van der Waals surface area contributed by atoms with Crippen LogP contribution in [0, 0.1) is 13.8 Å². The second-order valence-corrected chi connectivity index (χ2v) is 5.00. The van der Waals surface area contributed by atoms with Gasteiger partial charge in [-0.05, 0) is 56.9 Å². The summed E-state index contributed by atoms with van der Waals surface area (Å²) in [6, 6.07) is 1.87. The molecule has 0 saturated heterocycles. The van der Waals surface area contributed by atoms with Crippen LogP contribution >= 0.6 is 0 Å². The van der Waals surface area contributed by atoms with Gasteiger partial charge in [0.1, 0.15) is 0 Å². The standard InChI is InChI=1S/C13H21NO2/c1-8-9(2)12(15)11(16-5)6-10(8)7-13(3,4)14/h6,15H,7,14H2,1-5H3. The molecule has 0 heterocycles. The monoisotopic (exact) mass is 223 g/mol. The van der Waals surface area contributed by atoms with Crippen LogP contribution in [-0.2, 0) is 6.42 Å². The zero-order valence-corrected chi connectivity index (χ0v) is 10.7. The van der Waals surface area contributed by atoms with Crippen LogP contribution in [0.15, 0.2) is 6.07 Å². The first-order valence-corrected chi connectivity index (χ1v) is 5.41. The molecule has 16 heavy (non-hydrogen) atoms. The number of phenolic OH excluding ortho intramolecular Hbond substituents is 1. The Bertz CT molecular complexity index is 392. The van der Waals surface area contributed by atoms with E-state index in [0.717, 1.165) is 23.1 Å². The fourth-order valence-corrected chi connectivity index (χ4v) is 1.77. The van der Waals surface area contributed by atoms with Gasteiger partial charge in [0.2, 0.25) is 0 Å². The summed E-state index contributed by atoms with van der Waals surface area (Å²) >= 11 is 0. The molecule has 0 atom stereocenters. The second-order valence-electron chi connectivity index (χ2n) is 5.00. The molecule has 0 unspecified atom stereocenters. The second kappa shape index (κ2) is 4.34. The van der Waals surface area contributed by atoms with Crippen molar-refractivity contribution < 1.29 is 9.84 Å². The molecule has 1 aromatic carbocycles. The maximum absolute atomic E-state index is 9.84. The Morgan fingerprint density at radius 1 is 1.31 bits per heavy atom. The summed E-state index contributed by atoms with van der Waals surface area (Å²) in [5.41, 5.74) is 8.81. The first-order chi connectivity index (χ1) is 7.26. The van der Waals surface area contributed by atoms with E-state index in [9.17, 15) is 5.11 Å². The molecule has 3 heteroatoms. The van der Waals surface area contributed by atoms with E-state index in [-0.39, 0.29) is 11.3 Å². The van der Waals surface area contributed by atoms with Gasteiger partial charge in [-0.2, -0.15) is 0 Å². The van der Waals surface area contributed by atoms with Crippen LogP contribution < -0.4 is 10.5 Å². The van der Waals surface area contributed by atoms with Gasteiger partial charge in [0, 0.05) is 5.54 Å². The molecular weight excluding hydrogens is 202 g/mol. The number of methoxy groups -OCH3 is 1. The molecule has 0 saturated carbocycles. The summed E-state index contributed by atoms with van der Waals surface area (Å²) in [6.07, 6.45) is 0.760. The minimum absolute atomic E-state index is 0.221. The first-order valence-electron chi connectivity index (χ1n) is 5.41. The molecule has 0 bridgehead atoms. The molecule has 0 aromatic heterocycles. The van der Waals surface area contributed by atoms with E-state index in [1.165, 1.54) is 0 Å².